The zero-order chi connectivity index (χ0) is 27.4. The molecule has 0 rings (SSSR count). The third-order valence-corrected chi connectivity index (χ3v) is 6.27. The summed E-state index contributed by atoms with van der Waals surface area (Å²) >= 11 is 0. The van der Waals surface area contributed by atoms with Crippen molar-refractivity contribution in [3.63, 3.8) is 0 Å². The van der Waals surface area contributed by atoms with Gasteiger partial charge in [0.25, 0.3) is 0 Å². The molecular weight excluding hydrogens is 555 g/mol. The van der Waals surface area contributed by atoms with Crippen molar-refractivity contribution in [2.75, 3.05) is 33.1 Å². The van der Waals surface area contributed by atoms with E-state index in [2.05, 4.69) is 18.1 Å². The van der Waals surface area contributed by atoms with Gasteiger partial charge in [0, 0.05) is 0 Å². The van der Waals surface area contributed by atoms with E-state index in [-0.39, 0.29) is 6.66 Å². The summed E-state index contributed by atoms with van der Waals surface area (Å²) in [5.74, 6) is -21.5. The fraction of sp³-hybridized carbons (Fsp3) is 1.00. The Bertz CT molecular complexity index is 539. The molecule has 0 amide bonds. The summed E-state index contributed by atoms with van der Waals surface area (Å²) in [6.45, 7) is -11.8. The Morgan fingerprint density at radius 1 is 0.441 bits per heavy atom. The van der Waals surface area contributed by atoms with Gasteiger partial charge in [-0.25, -0.2) is 0 Å². The number of rotatable bonds is 16. The van der Waals surface area contributed by atoms with Crippen LogP contribution in [0.2, 0.25) is 0 Å². The molecule has 0 radical (unpaired) electrons. The van der Waals surface area contributed by atoms with Gasteiger partial charge >= 0.3 is 178 Å². The zero-order valence-electron chi connectivity index (χ0n) is 16.3. The molecule has 0 bridgehead atoms. The zero-order valence-corrected chi connectivity index (χ0v) is 17.2. The van der Waals surface area contributed by atoms with Gasteiger partial charge < -0.3 is 0 Å². The van der Waals surface area contributed by atoms with Gasteiger partial charge in [-0.2, -0.15) is 0 Å². The van der Waals surface area contributed by atoms with Crippen LogP contribution in [0.3, 0.4) is 0 Å². The molecule has 0 saturated heterocycles. The average Bonchev–Trinajstić information content (AvgIpc) is 2.68. The summed E-state index contributed by atoms with van der Waals surface area (Å²) in [5, 5.41) is 0. The van der Waals surface area contributed by atoms with Crippen LogP contribution in [0.4, 0.5) is 70.2 Å². The van der Waals surface area contributed by atoms with Crippen LogP contribution in [0.1, 0.15) is 0 Å². The van der Waals surface area contributed by atoms with E-state index in [4.69, 9.17) is 0 Å². The van der Waals surface area contributed by atoms with E-state index in [1.165, 1.54) is 0 Å². The second-order valence-electron chi connectivity index (χ2n) is 6.52. The van der Waals surface area contributed by atoms with Crippen LogP contribution in [-0.4, -0.2) is 82.5 Å². The Hall–Kier alpha value is -0.850. The molecule has 0 fully saturated rings. The number of alkyl halides is 16. The molecule has 0 aromatic carbocycles. The van der Waals surface area contributed by atoms with E-state index < -0.39 is 83.3 Å². The fourth-order valence-electron chi connectivity index (χ4n) is 1.39. The van der Waals surface area contributed by atoms with Crippen molar-refractivity contribution in [3.05, 3.63) is 0 Å². The molecule has 0 aromatic heterocycles. The molecule has 21 heteroatoms. The SMILES string of the molecule is CP(OCC(F)(F)C(F)F)(OCC(F)(F)C(F)F)(OCC(F)(F)C(F)F)OCC(F)(F)C(F)F. The Kier molecular flexibility index (Phi) is 10.8. The van der Waals surface area contributed by atoms with Gasteiger partial charge in [-0.3, -0.25) is 0 Å². The fourth-order valence-corrected chi connectivity index (χ4v) is 3.68. The number of hydrogen-bond donors (Lipinski definition) is 0. The van der Waals surface area contributed by atoms with Gasteiger partial charge in [0.1, 0.15) is 0 Å². The van der Waals surface area contributed by atoms with E-state index in [0.29, 0.717) is 0 Å². The molecule has 208 valence electrons. The van der Waals surface area contributed by atoms with Crippen molar-refractivity contribution < 1.29 is 88.3 Å². The molecule has 0 saturated carbocycles. The molecule has 0 unspecified atom stereocenters. The number of halogens is 16. The quantitative estimate of drug-likeness (QED) is 0.157. The first-order valence-corrected chi connectivity index (χ1v) is 10.5. The van der Waals surface area contributed by atoms with Gasteiger partial charge in [0.05, 0.1) is 0 Å². The molecule has 0 atom stereocenters. The van der Waals surface area contributed by atoms with Crippen molar-refractivity contribution >= 4 is 7.51 Å². The molecule has 0 heterocycles. The molecule has 0 aliphatic heterocycles. The minimum absolute atomic E-state index is 0.322. The van der Waals surface area contributed by atoms with Crippen molar-refractivity contribution in [2.45, 2.75) is 49.4 Å². The first kappa shape index (κ1) is 33.1. The second kappa shape index (κ2) is 11.0. The predicted molar refractivity (Wildman–Crippen MR) is 80.5 cm³/mol. The molecule has 4 nitrogen and oxygen atoms in total. The summed E-state index contributed by atoms with van der Waals surface area (Å²) in [6.07, 6.45) is -18.7. The number of hydrogen-bond acceptors (Lipinski definition) is 4. The van der Waals surface area contributed by atoms with Crippen LogP contribution in [0.15, 0.2) is 0 Å². The van der Waals surface area contributed by atoms with Crippen LogP contribution in [-0.2, 0) is 18.1 Å². The average molecular weight is 570 g/mol. The van der Waals surface area contributed by atoms with E-state index in [9.17, 15) is 70.2 Å². The standard InChI is InChI=1S/C13H15F16O4P/c1-34(30-2-10(22,23)6(14)15,31-3-11(24,25)7(16)17,32-4-12(26,27)8(18)19)33-5-13(28,29)9(20)21/h6-9H,2-5H2,1H3. The van der Waals surface area contributed by atoms with Gasteiger partial charge in [0.2, 0.25) is 0 Å². The van der Waals surface area contributed by atoms with Crippen LogP contribution in [0, 0.1) is 0 Å². The Labute approximate surface area is 179 Å². The Balaban J connectivity index is 6.43. The third kappa shape index (κ3) is 9.31. The monoisotopic (exact) mass is 570 g/mol. The first-order valence-electron chi connectivity index (χ1n) is 8.16. The summed E-state index contributed by atoms with van der Waals surface area (Å²) in [7, 11) is -7.18. The maximum atomic E-state index is 13.2. The van der Waals surface area contributed by atoms with Gasteiger partial charge in [-0.1, -0.05) is 0 Å². The summed E-state index contributed by atoms with van der Waals surface area (Å²) in [5.41, 5.74) is 0. The van der Waals surface area contributed by atoms with Crippen LogP contribution in [0.5, 0.6) is 0 Å². The molecular formula is C13H15F16O4P. The van der Waals surface area contributed by atoms with Crippen LogP contribution >= 0.6 is 7.51 Å². The van der Waals surface area contributed by atoms with E-state index >= 15 is 0 Å². The van der Waals surface area contributed by atoms with Crippen molar-refractivity contribution in [1.82, 2.24) is 0 Å². The maximum absolute atomic E-state index is 13.2. The first-order chi connectivity index (χ1) is 14.9. The summed E-state index contributed by atoms with van der Waals surface area (Å²) in [6, 6.07) is 0. The van der Waals surface area contributed by atoms with E-state index in [1.807, 2.05) is 0 Å². The van der Waals surface area contributed by atoms with Gasteiger partial charge in [-0.15, -0.1) is 0 Å². The van der Waals surface area contributed by atoms with Crippen molar-refractivity contribution in [3.8, 4) is 0 Å². The van der Waals surface area contributed by atoms with Gasteiger partial charge in [0.15, 0.2) is 0 Å². The van der Waals surface area contributed by atoms with E-state index in [1.54, 1.807) is 0 Å². The molecule has 34 heavy (non-hydrogen) atoms. The molecule has 0 spiro atoms. The topological polar surface area (TPSA) is 36.9 Å². The third-order valence-electron chi connectivity index (χ3n) is 3.45. The molecule has 0 aromatic rings. The van der Waals surface area contributed by atoms with E-state index in [0.717, 1.165) is 0 Å². The molecule has 0 aliphatic carbocycles. The molecule has 0 N–H and O–H groups in total. The second-order valence-corrected chi connectivity index (χ2v) is 9.91. The summed E-state index contributed by atoms with van der Waals surface area (Å²) < 4.78 is 220. The van der Waals surface area contributed by atoms with Crippen LogP contribution < -0.4 is 0 Å². The summed E-state index contributed by atoms with van der Waals surface area (Å²) in [4.78, 5) is 0. The normalized spacial score (nSPS) is 16.1. The Morgan fingerprint density at radius 2 is 0.588 bits per heavy atom. The van der Waals surface area contributed by atoms with Crippen molar-refractivity contribution in [2.24, 2.45) is 0 Å². The minimum atomic E-state index is -7.18. The van der Waals surface area contributed by atoms with Gasteiger partial charge in [-0.05, 0) is 0 Å². The Morgan fingerprint density at radius 3 is 0.706 bits per heavy atom. The predicted octanol–water partition coefficient (Wildman–Crippen LogP) is 6.50. The van der Waals surface area contributed by atoms with Crippen LogP contribution in [0.25, 0.3) is 0 Å². The molecule has 0 aliphatic rings. The van der Waals surface area contributed by atoms with Crippen molar-refractivity contribution in [1.29, 1.82) is 0 Å².